The molecule has 0 aromatic heterocycles. The Hall–Kier alpha value is -1.26. The molecule has 0 amide bonds. The maximum absolute atomic E-state index is 5.94. The molecule has 0 unspecified atom stereocenters. The van der Waals surface area contributed by atoms with E-state index >= 15 is 0 Å². The molecule has 0 N–H and O–H groups in total. The quantitative estimate of drug-likeness (QED) is 0.750. The molecule has 1 aromatic carbocycles. The smallest absolute Gasteiger partial charge is 0.123 e. The van der Waals surface area contributed by atoms with Gasteiger partial charge in [-0.3, -0.25) is 9.80 Å². The normalized spacial score (nSPS) is 20.8. The summed E-state index contributed by atoms with van der Waals surface area (Å²) in [7, 11) is 0. The third-order valence-corrected chi connectivity index (χ3v) is 5.35. The minimum atomic E-state index is 0.190. The predicted molar refractivity (Wildman–Crippen MR) is 103 cm³/mol. The van der Waals surface area contributed by atoms with Crippen molar-refractivity contribution in [1.82, 2.24) is 9.80 Å². The van der Waals surface area contributed by atoms with Crippen LogP contribution in [0, 0.1) is 0 Å². The fraction of sp³-hybridized carbons (Fsp3) is 0.714. The lowest BCUT2D eigenvalue weighted by molar-refractivity contribution is 0.0718. The molecule has 0 spiro atoms. The highest BCUT2D eigenvalue weighted by Gasteiger charge is 2.24. The van der Waals surface area contributed by atoms with Crippen LogP contribution in [0.4, 0.5) is 0 Å². The van der Waals surface area contributed by atoms with Gasteiger partial charge >= 0.3 is 0 Å². The lowest BCUT2D eigenvalue weighted by Gasteiger charge is -2.40. The van der Waals surface area contributed by atoms with Crippen LogP contribution < -0.4 is 9.47 Å². The van der Waals surface area contributed by atoms with E-state index in [0.717, 1.165) is 30.7 Å². The third-order valence-electron chi connectivity index (χ3n) is 5.35. The molecule has 1 aromatic rings. The van der Waals surface area contributed by atoms with Gasteiger partial charge in [-0.25, -0.2) is 0 Å². The zero-order valence-electron chi connectivity index (χ0n) is 16.0. The van der Waals surface area contributed by atoms with Gasteiger partial charge in [0.25, 0.3) is 0 Å². The van der Waals surface area contributed by atoms with Crippen molar-refractivity contribution in [2.45, 2.75) is 58.1 Å². The van der Waals surface area contributed by atoms with Gasteiger partial charge < -0.3 is 9.47 Å². The van der Waals surface area contributed by atoms with Gasteiger partial charge in [0.15, 0.2) is 0 Å². The molecular weight excluding hydrogens is 312 g/mol. The van der Waals surface area contributed by atoms with Crippen molar-refractivity contribution < 1.29 is 9.47 Å². The summed E-state index contributed by atoms with van der Waals surface area (Å²) in [5, 5.41) is 0. The Morgan fingerprint density at radius 1 is 1.00 bits per heavy atom. The van der Waals surface area contributed by atoms with Crippen LogP contribution in [0.1, 0.15) is 46.0 Å². The van der Waals surface area contributed by atoms with Crippen LogP contribution in [0.25, 0.3) is 0 Å². The molecule has 25 heavy (non-hydrogen) atoms. The summed E-state index contributed by atoms with van der Waals surface area (Å²) in [6.07, 6.45) is 7.32. The zero-order chi connectivity index (χ0) is 17.5. The summed E-state index contributed by atoms with van der Waals surface area (Å²) in [6.45, 7) is 10.6. The van der Waals surface area contributed by atoms with Gasteiger partial charge in [-0.15, -0.1) is 0 Å². The second-order valence-electron chi connectivity index (χ2n) is 7.66. The molecular formula is C21H34N2O2. The molecule has 140 valence electrons. The first-order chi connectivity index (χ1) is 12.2. The summed E-state index contributed by atoms with van der Waals surface area (Å²) >= 11 is 0. The maximum atomic E-state index is 5.94. The Labute approximate surface area is 153 Å². The molecule has 4 heteroatoms. The molecule has 0 radical (unpaired) electrons. The van der Waals surface area contributed by atoms with Crippen LogP contribution in [-0.2, 0) is 0 Å². The van der Waals surface area contributed by atoms with Gasteiger partial charge in [0.2, 0.25) is 0 Å². The second kappa shape index (κ2) is 9.44. The number of benzene rings is 1. The van der Waals surface area contributed by atoms with E-state index in [4.69, 9.17) is 9.47 Å². The van der Waals surface area contributed by atoms with E-state index in [0.29, 0.717) is 0 Å². The van der Waals surface area contributed by atoms with Gasteiger partial charge in [0, 0.05) is 44.8 Å². The summed E-state index contributed by atoms with van der Waals surface area (Å²) in [6, 6.07) is 8.83. The highest BCUT2D eigenvalue weighted by molar-refractivity contribution is 5.33. The largest absolute Gasteiger partial charge is 0.492 e. The molecule has 3 rings (SSSR count). The van der Waals surface area contributed by atoms with E-state index in [2.05, 4.69) is 9.80 Å². The first kappa shape index (κ1) is 18.5. The predicted octanol–water partition coefficient (Wildman–Crippen LogP) is 3.80. The van der Waals surface area contributed by atoms with Gasteiger partial charge in [0.1, 0.15) is 18.1 Å². The molecule has 0 atom stereocenters. The first-order valence-electron chi connectivity index (χ1n) is 10.1. The molecule has 1 aliphatic heterocycles. The Bertz CT molecular complexity index is 506. The number of piperazine rings is 1. The van der Waals surface area contributed by atoms with Crippen LogP contribution in [0.5, 0.6) is 11.5 Å². The fourth-order valence-electron chi connectivity index (χ4n) is 4.00. The van der Waals surface area contributed by atoms with Gasteiger partial charge in [-0.2, -0.15) is 0 Å². The van der Waals surface area contributed by atoms with E-state index < -0.39 is 0 Å². The topological polar surface area (TPSA) is 24.9 Å². The molecule has 1 saturated heterocycles. The molecule has 2 fully saturated rings. The lowest BCUT2D eigenvalue weighted by atomic mass is 9.94. The van der Waals surface area contributed by atoms with Crippen molar-refractivity contribution >= 4 is 0 Å². The van der Waals surface area contributed by atoms with E-state index in [1.165, 1.54) is 58.3 Å². The van der Waals surface area contributed by atoms with Crippen molar-refractivity contribution in [3.05, 3.63) is 24.3 Å². The van der Waals surface area contributed by atoms with Crippen molar-refractivity contribution in [1.29, 1.82) is 0 Å². The number of ether oxygens (including phenoxy) is 2. The lowest BCUT2D eigenvalue weighted by Crippen LogP contribution is -2.51. The van der Waals surface area contributed by atoms with Crippen molar-refractivity contribution in [2.75, 3.05) is 39.3 Å². The van der Waals surface area contributed by atoms with Crippen LogP contribution in [-0.4, -0.2) is 61.3 Å². The van der Waals surface area contributed by atoms with Crippen LogP contribution in [0.15, 0.2) is 24.3 Å². The van der Waals surface area contributed by atoms with Crippen molar-refractivity contribution in [3.63, 3.8) is 0 Å². The molecule has 2 aliphatic rings. The van der Waals surface area contributed by atoms with Crippen LogP contribution in [0.3, 0.4) is 0 Å². The monoisotopic (exact) mass is 346 g/mol. The summed E-state index contributed by atoms with van der Waals surface area (Å²) in [4.78, 5) is 5.26. The van der Waals surface area contributed by atoms with Crippen LogP contribution >= 0.6 is 0 Å². The fourth-order valence-corrected chi connectivity index (χ4v) is 4.00. The SMILES string of the molecule is CC(C)Oc1cccc(OCCN2CCN(C3CCCCC3)CC2)c1. The summed E-state index contributed by atoms with van der Waals surface area (Å²) in [5.74, 6) is 1.78. The molecule has 1 aliphatic carbocycles. The highest BCUT2D eigenvalue weighted by Crippen LogP contribution is 2.23. The summed E-state index contributed by atoms with van der Waals surface area (Å²) in [5.41, 5.74) is 0. The minimum absolute atomic E-state index is 0.190. The second-order valence-corrected chi connectivity index (χ2v) is 7.66. The van der Waals surface area contributed by atoms with E-state index in [1.54, 1.807) is 0 Å². The Morgan fingerprint density at radius 3 is 2.44 bits per heavy atom. The van der Waals surface area contributed by atoms with E-state index in [9.17, 15) is 0 Å². The Balaban J connectivity index is 1.36. The summed E-state index contributed by atoms with van der Waals surface area (Å²) < 4.78 is 11.7. The van der Waals surface area contributed by atoms with Gasteiger partial charge in [0.05, 0.1) is 6.10 Å². The highest BCUT2D eigenvalue weighted by atomic mass is 16.5. The van der Waals surface area contributed by atoms with Crippen molar-refractivity contribution in [2.24, 2.45) is 0 Å². The number of nitrogens with zero attached hydrogens (tertiary/aromatic N) is 2. The van der Waals surface area contributed by atoms with Gasteiger partial charge in [-0.05, 0) is 38.8 Å². The molecule has 0 bridgehead atoms. The number of hydrogen-bond acceptors (Lipinski definition) is 4. The maximum Gasteiger partial charge on any atom is 0.123 e. The molecule has 1 saturated carbocycles. The van der Waals surface area contributed by atoms with E-state index in [1.807, 2.05) is 38.1 Å². The van der Waals surface area contributed by atoms with Crippen molar-refractivity contribution in [3.8, 4) is 11.5 Å². The third kappa shape index (κ3) is 5.89. The molecule has 4 nitrogen and oxygen atoms in total. The minimum Gasteiger partial charge on any atom is -0.492 e. The first-order valence-corrected chi connectivity index (χ1v) is 10.1. The van der Waals surface area contributed by atoms with Gasteiger partial charge in [-0.1, -0.05) is 25.3 Å². The Morgan fingerprint density at radius 2 is 1.72 bits per heavy atom. The standard InChI is InChI=1S/C21H34N2O2/c1-18(2)25-21-10-6-9-20(17-21)24-16-15-22-11-13-23(14-12-22)19-7-4-3-5-8-19/h6,9-10,17-19H,3-5,7-8,11-16H2,1-2H3. The average Bonchev–Trinajstić information content (AvgIpc) is 2.63. The van der Waals surface area contributed by atoms with Crippen LogP contribution in [0.2, 0.25) is 0 Å². The average molecular weight is 347 g/mol. The number of hydrogen-bond donors (Lipinski definition) is 0. The molecule has 1 heterocycles. The Kier molecular flexibility index (Phi) is 7.00. The number of rotatable bonds is 7. The zero-order valence-corrected chi connectivity index (χ0v) is 16.0. The van der Waals surface area contributed by atoms with E-state index in [-0.39, 0.29) is 6.10 Å².